The summed E-state index contributed by atoms with van der Waals surface area (Å²) in [7, 11) is 0. The first-order valence-corrected chi connectivity index (χ1v) is 11.1. The Kier molecular flexibility index (Phi) is 8.11. The maximum Gasteiger partial charge on any atom is 0.326 e. The molecule has 0 saturated carbocycles. The molecular formula is C18H30N4O5S. The first-order valence-electron chi connectivity index (χ1n) is 9.66. The molecule has 2 fully saturated rings. The van der Waals surface area contributed by atoms with Crippen LogP contribution in [0.5, 0.6) is 0 Å². The Labute approximate surface area is 169 Å². The van der Waals surface area contributed by atoms with Crippen molar-refractivity contribution in [1.29, 1.82) is 0 Å². The average Bonchev–Trinajstić information content (AvgIpc) is 3.33. The van der Waals surface area contributed by atoms with Gasteiger partial charge < -0.3 is 26.0 Å². The monoisotopic (exact) mass is 414 g/mol. The number of rotatable bonds is 8. The number of hydrogen-bond donors (Lipinski definition) is 3. The number of carboxylic acids is 1. The Hall–Kier alpha value is -1.81. The smallest absolute Gasteiger partial charge is 0.326 e. The molecule has 2 rings (SSSR count). The van der Waals surface area contributed by atoms with Crippen LogP contribution in [0.25, 0.3) is 0 Å². The molecular weight excluding hydrogens is 384 g/mol. The number of thioether (sulfide) groups is 1. The van der Waals surface area contributed by atoms with Gasteiger partial charge in [0.25, 0.3) is 0 Å². The minimum Gasteiger partial charge on any atom is -0.480 e. The van der Waals surface area contributed by atoms with Crippen LogP contribution in [0.2, 0.25) is 0 Å². The highest BCUT2D eigenvalue weighted by molar-refractivity contribution is 7.98. The van der Waals surface area contributed by atoms with Crippen LogP contribution in [-0.2, 0) is 19.2 Å². The van der Waals surface area contributed by atoms with E-state index in [0.717, 1.165) is 0 Å². The third-order valence-electron chi connectivity index (χ3n) is 5.28. The molecule has 2 saturated heterocycles. The molecule has 0 aliphatic carbocycles. The number of likely N-dealkylation sites (tertiary alicyclic amines) is 2. The first-order chi connectivity index (χ1) is 13.3. The summed E-state index contributed by atoms with van der Waals surface area (Å²) >= 11 is 1.56. The molecule has 2 aliphatic rings. The van der Waals surface area contributed by atoms with Gasteiger partial charge in [0.2, 0.25) is 17.7 Å². The van der Waals surface area contributed by atoms with Gasteiger partial charge in [-0.1, -0.05) is 0 Å². The first kappa shape index (κ1) is 22.5. The fourth-order valence-electron chi connectivity index (χ4n) is 3.76. The molecule has 0 spiro atoms. The second-order valence-corrected chi connectivity index (χ2v) is 8.33. The van der Waals surface area contributed by atoms with E-state index >= 15 is 0 Å². The Morgan fingerprint density at radius 1 is 1.14 bits per heavy atom. The van der Waals surface area contributed by atoms with Gasteiger partial charge in [-0.15, -0.1) is 0 Å². The molecule has 4 atom stereocenters. The average molecular weight is 415 g/mol. The molecule has 3 amide bonds. The number of carboxylic acid groups (broad SMARTS) is 1. The third kappa shape index (κ3) is 5.16. The largest absolute Gasteiger partial charge is 0.480 e. The van der Waals surface area contributed by atoms with E-state index < -0.39 is 36.0 Å². The van der Waals surface area contributed by atoms with E-state index in [0.29, 0.717) is 50.9 Å². The van der Waals surface area contributed by atoms with Crippen molar-refractivity contribution in [3.63, 3.8) is 0 Å². The van der Waals surface area contributed by atoms with Crippen LogP contribution in [0.3, 0.4) is 0 Å². The summed E-state index contributed by atoms with van der Waals surface area (Å²) in [5.41, 5.74) is 5.61. The Bertz CT molecular complexity index is 615. The van der Waals surface area contributed by atoms with Crippen LogP contribution in [0.15, 0.2) is 0 Å². The van der Waals surface area contributed by atoms with E-state index in [2.05, 4.69) is 5.32 Å². The van der Waals surface area contributed by atoms with Crippen LogP contribution in [-0.4, -0.2) is 87.9 Å². The highest BCUT2D eigenvalue weighted by Crippen LogP contribution is 2.26. The number of nitrogens with one attached hydrogen (secondary N) is 1. The van der Waals surface area contributed by atoms with Gasteiger partial charge in [-0.3, -0.25) is 14.4 Å². The summed E-state index contributed by atoms with van der Waals surface area (Å²) in [5.74, 6) is -1.35. The van der Waals surface area contributed by atoms with Crippen molar-refractivity contribution >= 4 is 35.5 Å². The Morgan fingerprint density at radius 2 is 1.75 bits per heavy atom. The van der Waals surface area contributed by atoms with Crippen molar-refractivity contribution in [2.45, 2.75) is 63.2 Å². The van der Waals surface area contributed by atoms with Gasteiger partial charge in [0, 0.05) is 13.1 Å². The van der Waals surface area contributed by atoms with Crippen LogP contribution < -0.4 is 11.1 Å². The number of hydrogen-bond acceptors (Lipinski definition) is 6. The van der Waals surface area contributed by atoms with Gasteiger partial charge >= 0.3 is 5.97 Å². The van der Waals surface area contributed by atoms with E-state index in [4.69, 9.17) is 5.73 Å². The fraction of sp³-hybridized carbons (Fsp3) is 0.778. The van der Waals surface area contributed by atoms with E-state index in [1.807, 2.05) is 6.26 Å². The molecule has 0 radical (unpaired) electrons. The van der Waals surface area contributed by atoms with Crippen molar-refractivity contribution < 1.29 is 24.3 Å². The summed E-state index contributed by atoms with van der Waals surface area (Å²) in [6.07, 6.45) is 4.61. The quantitative estimate of drug-likeness (QED) is 0.494. The Morgan fingerprint density at radius 3 is 2.32 bits per heavy atom. The highest BCUT2D eigenvalue weighted by Gasteiger charge is 2.43. The van der Waals surface area contributed by atoms with E-state index in [-0.39, 0.29) is 11.8 Å². The van der Waals surface area contributed by atoms with Gasteiger partial charge in [-0.25, -0.2) is 4.79 Å². The predicted molar refractivity (Wildman–Crippen MR) is 106 cm³/mol. The van der Waals surface area contributed by atoms with E-state index in [1.165, 1.54) is 9.80 Å². The maximum absolute atomic E-state index is 13.1. The number of aliphatic carboxylic acids is 1. The summed E-state index contributed by atoms with van der Waals surface area (Å²) in [6.45, 7) is 2.36. The lowest BCUT2D eigenvalue weighted by Crippen LogP contribution is -2.56. The molecule has 0 aromatic rings. The summed E-state index contributed by atoms with van der Waals surface area (Å²) < 4.78 is 0. The second kappa shape index (κ2) is 10.1. The standard InChI is InChI=1S/C18H30N4O5S/c1-11(19)15(23)20-12(7-10-28-2)16(24)21-8-3-5-13(21)17(25)22-9-4-6-14(22)18(26)27/h11-14H,3-10,19H2,1-2H3,(H,20,23)(H,26,27). The van der Waals surface area contributed by atoms with E-state index in [9.17, 15) is 24.3 Å². The zero-order valence-electron chi connectivity index (χ0n) is 16.4. The topological polar surface area (TPSA) is 133 Å². The molecule has 4 N–H and O–H groups in total. The lowest BCUT2D eigenvalue weighted by Gasteiger charge is -2.32. The molecule has 2 aliphatic heterocycles. The minimum absolute atomic E-state index is 0.301. The number of nitrogens with zero attached hydrogens (tertiary/aromatic N) is 2. The molecule has 0 aromatic carbocycles. The number of carbonyl (C=O) groups is 4. The summed E-state index contributed by atoms with van der Waals surface area (Å²) in [5, 5.41) is 12.0. The zero-order chi connectivity index (χ0) is 20.8. The van der Waals surface area contributed by atoms with Crippen molar-refractivity contribution in [2.24, 2.45) is 5.73 Å². The van der Waals surface area contributed by atoms with Crippen molar-refractivity contribution in [3.05, 3.63) is 0 Å². The van der Waals surface area contributed by atoms with Gasteiger partial charge in [-0.05, 0) is 51.0 Å². The van der Waals surface area contributed by atoms with Gasteiger partial charge in [0.05, 0.1) is 6.04 Å². The van der Waals surface area contributed by atoms with Crippen LogP contribution in [0.4, 0.5) is 0 Å². The summed E-state index contributed by atoms with van der Waals surface area (Å²) in [6, 6.07) is -2.97. The van der Waals surface area contributed by atoms with E-state index in [1.54, 1.807) is 18.7 Å². The second-order valence-electron chi connectivity index (χ2n) is 7.35. The lowest BCUT2D eigenvalue weighted by atomic mass is 10.1. The number of amides is 3. The minimum atomic E-state index is -1.01. The van der Waals surface area contributed by atoms with Crippen molar-refractivity contribution in [1.82, 2.24) is 15.1 Å². The normalized spacial score (nSPS) is 24.1. The Balaban J connectivity index is 2.13. The molecule has 0 aromatic heterocycles. The fourth-order valence-corrected chi connectivity index (χ4v) is 4.23. The molecule has 10 heteroatoms. The number of carbonyl (C=O) groups excluding carboxylic acids is 3. The zero-order valence-corrected chi connectivity index (χ0v) is 17.2. The van der Waals surface area contributed by atoms with Crippen LogP contribution in [0, 0.1) is 0 Å². The van der Waals surface area contributed by atoms with Crippen LogP contribution >= 0.6 is 11.8 Å². The lowest BCUT2D eigenvalue weighted by molar-refractivity contribution is -0.152. The SMILES string of the molecule is CSCCC(NC(=O)C(C)N)C(=O)N1CCCC1C(=O)N1CCCC1C(=O)O. The molecule has 158 valence electrons. The van der Waals surface area contributed by atoms with Crippen LogP contribution in [0.1, 0.15) is 39.0 Å². The molecule has 9 nitrogen and oxygen atoms in total. The maximum atomic E-state index is 13.1. The van der Waals surface area contributed by atoms with Gasteiger partial charge in [0.15, 0.2) is 0 Å². The molecule has 4 unspecified atom stereocenters. The molecule has 28 heavy (non-hydrogen) atoms. The third-order valence-corrected chi connectivity index (χ3v) is 5.92. The van der Waals surface area contributed by atoms with Crippen molar-refractivity contribution in [3.8, 4) is 0 Å². The van der Waals surface area contributed by atoms with Gasteiger partial charge in [-0.2, -0.15) is 11.8 Å². The highest BCUT2D eigenvalue weighted by atomic mass is 32.2. The predicted octanol–water partition coefficient (Wildman–Crippen LogP) is -0.362. The number of nitrogens with two attached hydrogens (primary N) is 1. The molecule has 0 bridgehead atoms. The van der Waals surface area contributed by atoms with Gasteiger partial charge in [0.1, 0.15) is 18.1 Å². The summed E-state index contributed by atoms with van der Waals surface area (Å²) in [4.78, 5) is 52.5. The van der Waals surface area contributed by atoms with Crippen molar-refractivity contribution in [2.75, 3.05) is 25.1 Å². The molecule has 2 heterocycles.